The molecule has 0 unspecified atom stereocenters. The summed E-state index contributed by atoms with van der Waals surface area (Å²) < 4.78 is 52.2. The average molecular weight is 986 g/mol. The average Bonchev–Trinajstić information content (AvgIpc) is 4.01. The largest absolute Gasteiger partial charge is 0.417 e. The third-order valence-corrected chi connectivity index (χ3v) is 14.0. The molecule has 0 radical (unpaired) electrons. The Morgan fingerprint density at radius 1 is 0.408 bits per heavy atom. The highest BCUT2D eigenvalue weighted by molar-refractivity contribution is 6.12. The molecule has 13 rings (SSSR count). The van der Waals surface area contributed by atoms with Crippen molar-refractivity contribution < 1.29 is 13.2 Å². The number of para-hydroxylation sites is 2. The van der Waals surface area contributed by atoms with Crippen LogP contribution < -0.4 is 0 Å². The molecule has 10 heteroatoms. The summed E-state index contributed by atoms with van der Waals surface area (Å²) in [4.78, 5) is 18.6. The Morgan fingerprint density at radius 2 is 0.908 bits per heavy atom. The molecule has 76 heavy (non-hydrogen) atoms. The van der Waals surface area contributed by atoms with E-state index in [2.05, 4.69) is 23.0 Å². The van der Waals surface area contributed by atoms with Gasteiger partial charge in [-0.15, -0.1) is 0 Å². The van der Waals surface area contributed by atoms with Gasteiger partial charge in [0.2, 0.25) is 0 Å². The Balaban J connectivity index is 1.09. The summed E-state index contributed by atoms with van der Waals surface area (Å²) in [6.45, 7) is 7.62. The molecule has 3 aromatic heterocycles. The van der Waals surface area contributed by atoms with Crippen LogP contribution in [0, 0.1) is 17.9 Å². The van der Waals surface area contributed by atoms with Crippen molar-refractivity contribution in [3.63, 3.8) is 0 Å². The molecule has 0 aliphatic heterocycles. The van der Waals surface area contributed by atoms with Gasteiger partial charge in [-0.1, -0.05) is 140 Å². The third-order valence-electron chi connectivity index (χ3n) is 14.0. The molecule has 0 fully saturated rings. The molecule has 0 spiro atoms. The zero-order valence-corrected chi connectivity index (χ0v) is 40.2. The highest BCUT2D eigenvalue weighted by atomic mass is 19.4. The molecule has 0 bridgehead atoms. The van der Waals surface area contributed by atoms with E-state index in [1.165, 1.54) is 6.07 Å². The molecule has 0 amide bonds. The fourth-order valence-corrected chi connectivity index (χ4v) is 10.5. The summed E-state index contributed by atoms with van der Waals surface area (Å²) in [6, 6.07) is 74.1. The van der Waals surface area contributed by atoms with Crippen LogP contribution in [0.1, 0.15) is 11.1 Å². The van der Waals surface area contributed by atoms with E-state index in [4.69, 9.17) is 21.5 Å². The first-order valence-corrected chi connectivity index (χ1v) is 24.5. The molecule has 0 saturated carbocycles. The molecule has 3 heterocycles. The number of hydrogen-bond acceptors (Lipinski definition) is 4. The van der Waals surface area contributed by atoms with Crippen LogP contribution in [0.5, 0.6) is 0 Å². The molecule has 0 atom stereocenters. The zero-order valence-electron chi connectivity index (χ0n) is 40.2. The Hall–Kier alpha value is -10.4. The number of aromatic nitrogens is 5. The quantitative estimate of drug-likeness (QED) is 0.142. The molecule has 0 aliphatic carbocycles. The zero-order chi connectivity index (χ0) is 51.5. The van der Waals surface area contributed by atoms with Crippen LogP contribution in [0.4, 0.5) is 18.9 Å². The van der Waals surface area contributed by atoms with E-state index in [9.17, 15) is 5.26 Å². The van der Waals surface area contributed by atoms with Crippen LogP contribution in [0.3, 0.4) is 0 Å². The van der Waals surface area contributed by atoms with Crippen molar-refractivity contribution in [3.05, 3.63) is 253 Å². The number of fused-ring (bicyclic) bond motifs is 6. The van der Waals surface area contributed by atoms with Crippen molar-refractivity contribution in [1.82, 2.24) is 24.1 Å². The van der Waals surface area contributed by atoms with E-state index in [-0.39, 0.29) is 11.4 Å². The van der Waals surface area contributed by atoms with Crippen LogP contribution in [0.25, 0.3) is 127 Å². The molecule has 7 nitrogen and oxygen atoms in total. The number of halogens is 3. The van der Waals surface area contributed by atoms with Gasteiger partial charge >= 0.3 is 6.18 Å². The van der Waals surface area contributed by atoms with Crippen LogP contribution in [-0.2, 0) is 6.18 Å². The van der Waals surface area contributed by atoms with Crippen LogP contribution >= 0.6 is 0 Å². The Bertz CT molecular complexity index is 4480. The summed E-state index contributed by atoms with van der Waals surface area (Å²) in [6.07, 6.45) is -4.78. The lowest BCUT2D eigenvalue weighted by Gasteiger charge is -2.21. The molecule has 0 saturated heterocycles. The Kier molecular flexibility index (Phi) is 10.9. The lowest BCUT2D eigenvalue weighted by molar-refractivity contribution is -0.137. The van der Waals surface area contributed by atoms with Crippen molar-refractivity contribution in [2.75, 3.05) is 0 Å². The topological polar surface area (TPSA) is 76.7 Å². The SMILES string of the molecule is [C-]#[N+]c1cccc(-c2ccc3c(c2)c2ccccc2n3-c2ccc(C(F)(F)F)c(-c3cc(-c4nc(-c5ccccc5)nc(-c5ccccc5)n4)ccc3-n3c4ccccc4c4cc(-c5cccc(C#N)c5)ccc43)c2)c1. The van der Waals surface area contributed by atoms with Crippen molar-refractivity contribution in [2.45, 2.75) is 6.18 Å². The van der Waals surface area contributed by atoms with Gasteiger partial charge in [-0.05, 0) is 119 Å². The van der Waals surface area contributed by atoms with Gasteiger partial charge in [0.1, 0.15) is 0 Å². The minimum absolute atomic E-state index is 0.0446. The fourth-order valence-electron chi connectivity index (χ4n) is 10.5. The predicted octanol–water partition coefficient (Wildman–Crippen LogP) is 17.5. The standard InChI is InChI=1S/C66H38F3N7/c1-71-49-21-13-20-45(35-49)47-26-31-60-54(37-47)51-22-8-10-24-58(51)75(60)50-29-30-57(66(67,68)69)53(39-50)56-38-48(65-73-63(42-15-4-2-5-16-42)72-64(74-65)43-17-6-3-7-18-43)28-33-62(56)76-59-25-11-9-23-52(59)55-36-46(27-32-61(55)76)44-19-12-14-41(34-44)40-70/h2-39H. The van der Waals surface area contributed by atoms with Gasteiger partial charge in [0.05, 0.1) is 51.5 Å². The molecule has 358 valence electrons. The maximum absolute atomic E-state index is 16.0. The lowest BCUT2D eigenvalue weighted by Crippen LogP contribution is -2.10. The van der Waals surface area contributed by atoms with Crippen LogP contribution in [0.2, 0.25) is 0 Å². The third kappa shape index (κ3) is 7.90. The Morgan fingerprint density at radius 3 is 1.51 bits per heavy atom. The van der Waals surface area contributed by atoms with E-state index in [0.29, 0.717) is 45.4 Å². The summed E-state index contributed by atoms with van der Waals surface area (Å²) in [5.74, 6) is 1.12. The Labute approximate surface area is 434 Å². The van der Waals surface area contributed by atoms with Gasteiger partial charge in [0, 0.05) is 49.5 Å². The van der Waals surface area contributed by atoms with Gasteiger partial charge in [-0.25, -0.2) is 19.8 Å². The second kappa shape index (κ2) is 18.3. The number of nitriles is 1. The predicted molar refractivity (Wildman–Crippen MR) is 297 cm³/mol. The maximum Gasteiger partial charge on any atom is 0.417 e. The van der Waals surface area contributed by atoms with Gasteiger partial charge in [0.25, 0.3) is 0 Å². The molecule has 0 aliphatic rings. The molecule has 10 aromatic carbocycles. The van der Waals surface area contributed by atoms with E-state index in [1.807, 2.05) is 191 Å². The van der Waals surface area contributed by atoms with Gasteiger partial charge < -0.3 is 9.13 Å². The van der Waals surface area contributed by atoms with Crippen LogP contribution in [0.15, 0.2) is 231 Å². The normalized spacial score (nSPS) is 11.6. The number of alkyl halides is 3. The smallest absolute Gasteiger partial charge is 0.309 e. The molecule has 0 N–H and O–H groups in total. The first kappa shape index (κ1) is 45.4. The second-order valence-corrected chi connectivity index (χ2v) is 18.5. The number of benzene rings is 10. The van der Waals surface area contributed by atoms with Gasteiger partial charge in [0.15, 0.2) is 23.2 Å². The maximum atomic E-state index is 16.0. The van der Waals surface area contributed by atoms with Crippen molar-refractivity contribution in [1.29, 1.82) is 5.26 Å². The minimum Gasteiger partial charge on any atom is -0.309 e. The molecule has 13 aromatic rings. The van der Waals surface area contributed by atoms with Gasteiger partial charge in [-0.3, -0.25) is 0 Å². The second-order valence-electron chi connectivity index (χ2n) is 18.5. The van der Waals surface area contributed by atoms with E-state index < -0.39 is 11.7 Å². The van der Waals surface area contributed by atoms with E-state index in [0.717, 1.165) is 77.0 Å². The first-order chi connectivity index (χ1) is 37.2. The summed E-state index contributed by atoms with van der Waals surface area (Å²) >= 11 is 0. The lowest BCUT2D eigenvalue weighted by atomic mass is 9.94. The highest BCUT2D eigenvalue weighted by Gasteiger charge is 2.35. The molecular weight excluding hydrogens is 948 g/mol. The monoisotopic (exact) mass is 985 g/mol. The van der Waals surface area contributed by atoms with E-state index in [1.54, 1.807) is 30.3 Å². The summed E-state index contributed by atoms with van der Waals surface area (Å²) in [5.41, 5.74) is 10.3. The van der Waals surface area contributed by atoms with Crippen molar-refractivity contribution in [2.24, 2.45) is 0 Å². The summed E-state index contributed by atoms with van der Waals surface area (Å²) in [7, 11) is 0. The number of nitrogens with zero attached hydrogens (tertiary/aromatic N) is 7. The van der Waals surface area contributed by atoms with Crippen molar-refractivity contribution >= 4 is 49.3 Å². The minimum atomic E-state index is -4.78. The summed E-state index contributed by atoms with van der Waals surface area (Å²) in [5, 5.41) is 13.4. The fraction of sp³-hybridized carbons (Fsp3) is 0.0152. The molecular formula is C66H38F3N7. The highest BCUT2D eigenvalue weighted by Crippen LogP contribution is 2.46. The van der Waals surface area contributed by atoms with Gasteiger partial charge in [-0.2, -0.15) is 18.4 Å². The van der Waals surface area contributed by atoms with Crippen molar-refractivity contribution in [3.8, 4) is 85.0 Å². The first-order valence-electron chi connectivity index (χ1n) is 24.5. The number of hydrogen-bond donors (Lipinski definition) is 0. The van der Waals surface area contributed by atoms with Crippen LogP contribution in [-0.4, -0.2) is 24.1 Å². The van der Waals surface area contributed by atoms with E-state index >= 15 is 13.2 Å². The number of rotatable bonds is 8.